The molecule has 0 aliphatic carbocycles. The lowest BCUT2D eigenvalue weighted by Crippen LogP contribution is -2.40. The van der Waals surface area contributed by atoms with Crippen molar-refractivity contribution in [1.82, 2.24) is 4.72 Å². The van der Waals surface area contributed by atoms with Gasteiger partial charge in [-0.2, -0.15) is 5.26 Å². The van der Waals surface area contributed by atoms with Crippen LogP contribution in [-0.2, 0) is 14.8 Å². The maximum absolute atomic E-state index is 13.0. The molecule has 7 nitrogen and oxygen atoms in total. The summed E-state index contributed by atoms with van der Waals surface area (Å²) in [5.74, 6) is 0.186. The standard InChI is InChI=1S/C29H27N3O4S/c1-29(2,3)32-37(34,35)27-7-5-4-6-26(27)22-10-13-24(14-11-22)31-28(33)19-36-25-15-12-21-9-8-20(18-30)16-23(21)17-25/h4-17,32H,19H2,1-3H3,(H,31,33). The van der Waals surface area contributed by atoms with Gasteiger partial charge in [-0.05, 0) is 79.6 Å². The van der Waals surface area contributed by atoms with Crippen molar-refractivity contribution >= 4 is 32.4 Å². The molecule has 4 rings (SSSR count). The molecule has 0 aliphatic heterocycles. The highest BCUT2D eigenvalue weighted by atomic mass is 32.2. The van der Waals surface area contributed by atoms with Crippen LogP contribution in [0.2, 0.25) is 0 Å². The fourth-order valence-electron chi connectivity index (χ4n) is 3.86. The average molecular weight is 514 g/mol. The van der Waals surface area contributed by atoms with Gasteiger partial charge < -0.3 is 10.1 Å². The van der Waals surface area contributed by atoms with E-state index in [0.29, 0.717) is 28.1 Å². The van der Waals surface area contributed by atoms with Crippen LogP contribution in [-0.4, -0.2) is 26.5 Å². The van der Waals surface area contributed by atoms with Crippen LogP contribution in [0.3, 0.4) is 0 Å². The number of amides is 1. The van der Waals surface area contributed by atoms with Crippen LogP contribution < -0.4 is 14.8 Å². The van der Waals surface area contributed by atoms with Gasteiger partial charge in [-0.15, -0.1) is 0 Å². The molecule has 37 heavy (non-hydrogen) atoms. The molecule has 8 heteroatoms. The van der Waals surface area contributed by atoms with E-state index < -0.39 is 15.6 Å². The van der Waals surface area contributed by atoms with E-state index in [9.17, 15) is 13.2 Å². The lowest BCUT2D eigenvalue weighted by molar-refractivity contribution is -0.118. The number of nitrogens with zero attached hydrogens (tertiary/aromatic N) is 1. The number of hydrogen-bond acceptors (Lipinski definition) is 5. The zero-order valence-electron chi connectivity index (χ0n) is 20.8. The van der Waals surface area contributed by atoms with E-state index in [4.69, 9.17) is 10.00 Å². The quantitative estimate of drug-likeness (QED) is 0.341. The zero-order chi connectivity index (χ0) is 26.6. The molecule has 0 radical (unpaired) electrons. The van der Waals surface area contributed by atoms with E-state index in [1.165, 1.54) is 0 Å². The Balaban J connectivity index is 1.43. The number of fused-ring (bicyclic) bond motifs is 1. The molecule has 4 aromatic rings. The average Bonchev–Trinajstić information content (AvgIpc) is 2.86. The Morgan fingerprint density at radius 1 is 0.919 bits per heavy atom. The third-order valence-corrected chi connectivity index (χ3v) is 7.22. The van der Waals surface area contributed by atoms with Gasteiger partial charge in [-0.3, -0.25) is 4.79 Å². The summed E-state index contributed by atoms with van der Waals surface area (Å²) in [5.41, 5.74) is 1.77. The zero-order valence-corrected chi connectivity index (χ0v) is 21.6. The molecule has 188 valence electrons. The minimum atomic E-state index is -3.73. The van der Waals surface area contributed by atoms with Gasteiger partial charge in [0.25, 0.3) is 5.91 Å². The van der Waals surface area contributed by atoms with Crippen molar-refractivity contribution in [2.75, 3.05) is 11.9 Å². The van der Waals surface area contributed by atoms with Crippen LogP contribution in [0.15, 0.2) is 89.8 Å². The largest absolute Gasteiger partial charge is 0.484 e. The highest BCUT2D eigenvalue weighted by molar-refractivity contribution is 7.89. The molecule has 0 aromatic heterocycles. The molecular weight excluding hydrogens is 486 g/mol. The molecule has 0 bridgehead atoms. The number of ether oxygens (including phenoxy) is 1. The second kappa shape index (κ2) is 10.4. The topological polar surface area (TPSA) is 108 Å². The number of rotatable bonds is 7. The van der Waals surface area contributed by atoms with Gasteiger partial charge in [-0.25, -0.2) is 13.1 Å². The maximum Gasteiger partial charge on any atom is 0.262 e. The fourth-order valence-corrected chi connectivity index (χ4v) is 5.51. The number of sulfonamides is 1. The highest BCUT2D eigenvalue weighted by Crippen LogP contribution is 2.29. The molecule has 0 unspecified atom stereocenters. The first-order chi connectivity index (χ1) is 17.5. The third kappa shape index (κ3) is 6.53. The van der Waals surface area contributed by atoms with Crippen LogP contribution in [0.5, 0.6) is 5.75 Å². The van der Waals surface area contributed by atoms with Crippen molar-refractivity contribution < 1.29 is 17.9 Å². The third-order valence-electron chi connectivity index (χ3n) is 5.41. The van der Waals surface area contributed by atoms with Crippen molar-refractivity contribution in [3.8, 4) is 22.9 Å². The Labute approximate surface area is 216 Å². The van der Waals surface area contributed by atoms with Crippen molar-refractivity contribution in [1.29, 1.82) is 5.26 Å². The first-order valence-corrected chi connectivity index (χ1v) is 13.1. The minimum absolute atomic E-state index is 0.187. The molecule has 1 amide bonds. The second-order valence-electron chi connectivity index (χ2n) is 9.60. The number of hydrogen-bond donors (Lipinski definition) is 2. The van der Waals surface area contributed by atoms with Crippen LogP contribution in [0.1, 0.15) is 26.3 Å². The molecular formula is C29H27N3O4S. The summed E-state index contributed by atoms with van der Waals surface area (Å²) >= 11 is 0. The van der Waals surface area contributed by atoms with Crippen LogP contribution in [0.4, 0.5) is 5.69 Å². The normalized spacial score (nSPS) is 11.6. The highest BCUT2D eigenvalue weighted by Gasteiger charge is 2.24. The van der Waals surface area contributed by atoms with Gasteiger partial charge in [0, 0.05) is 16.8 Å². The summed E-state index contributed by atoms with van der Waals surface area (Å²) in [7, 11) is -3.73. The Hall–Kier alpha value is -4.19. The summed E-state index contributed by atoms with van der Waals surface area (Å²) < 4.78 is 34.2. The van der Waals surface area contributed by atoms with Crippen LogP contribution in [0, 0.1) is 11.3 Å². The first-order valence-electron chi connectivity index (χ1n) is 11.6. The van der Waals surface area contributed by atoms with Crippen molar-refractivity contribution in [2.24, 2.45) is 0 Å². The molecule has 0 atom stereocenters. The van der Waals surface area contributed by atoms with E-state index in [1.54, 1.807) is 93.6 Å². The predicted molar refractivity (Wildman–Crippen MR) is 145 cm³/mol. The smallest absolute Gasteiger partial charge is 0.262 e. The van der Waals surface area contributed by atoms with Crippen LogP contribution in [0.25, 0.3) is 21.9 Å². The molecule has 4 aromatic carbocycles. The first kappa shape index (κ1) is 25.9. The number of carbonyl (C=O) groups excluding carboxylic acids is 1. The van der Waals surface area contributed by atoms with Crippen molar-refractivity contribution in [3.63, 3.8) is 0 Å². The Bertz CT molecular complexity index is 1600. The van der Waals surface area contributed by atoms with E-state index in [-0.39, 0.29) is 17.4 Å². The summed E-state index contributed by atoms with van der Waals surface area (Å²) in [6, 6.07) is 26.7. The maximum atomic E-state index is 13.0. The Kier molecular flexibility index (Phi) is 7.30. The summed E-state index contributed by atoms with van der Waals surface area (Å²) in [6.07, 6.45) is 0. The molecule has 2 N–H and O–H groups in total. The minimum Gasteiger partial charge on any atom is -0.484 e. The summed E-state index contributed by atoms with van der Waals surface area (Å²) in [4.78, 5) is 12.6. The number of anilines is 1. The second-order valence-corrected chi connectivity index (χ2v) is 11.3. The summed E-state index contributed by atoms with van der Waals surface area (Å²) in [5, 5.41) is 13.7. The van der Waals surface area contributed by atoms with Crippen molar-refractivity contribution in [3.05, 3.63) is 90.5 Å². The van der Waals surface area contributed by atoms with Gasteiger partial charge in [-0.1, -0.05) is 42.5 Å². The van der Waals surface area contributed by atoms with E-state index in [0.717, 1.165) is 10.8 Å². The van der Waals surface area contributed by atoms with E-state index in [1.807, 2.05) is 12.1 Å². The molecule has 0 saturated carbocycles. The summed E-state index contributed by atoms with van der Waals surface area (Å²) in [6.45, 7) is 5.18. The predicted octanol–water partition coefficient (Wildman–Crippen LogP) is 5.47. The van der Waals surface area contributed by atoms with E-state index >= 15 is 0 Å². The molecule has 0 aliphatic rings. The van der Waals surface area contributed by atoms with E-state index in [2.05, 4.69) is 16.1 Å². The molecule has 0 saturated heterocycles. The monoisotopic (exact) mass is 513 g/mol. The number of benzene rings is 4. The Morgan fingerprint density at radius 2 is 1.62 bits per heavy atom. The molecule has 0 fully saturated rings. The van der Waals surface area contributed by atoms with Crippen LogP contribution >= 0.6 is 0 Å². The lowest BCUT2D eigenvalue weighted by atomic mass is 10.1. The lowest BCUT2D eigenvalue weighted by Gasteiger charge is -2.21. The van der Waals surface area contributed by atoms with Gasteiger partial charge in [0.15, 0.2) is 6.61 Å². The van der Waals surface area contributed by atoms with Gasteiger partial charge in [0.1, 0.15) is 5.75 Å². The number of nitrogens with one attached hydrogen (secondary N) is 2. The number of carbonyl (C=O) groups is 1. The molecule has 0 spiro atoms. The molecule has 0 heterocycles. The van der Waals surface area contributed by atoms with Gasteiger partial charge in [0.2, 0.25) is 10.0 Å². The van der Waals surface area contributed by atoms with Crippen molar-refractivity contribution in [2.45, 2.75) is 31.2 Å². The van der Waals surface area contributed by atoms with Gasteiger partial charge in [0.05, 0.1) is 16.5 Å². The SMILES string of the molecule is CC(C)(C)NS(=O)(=O)c1ccccc1-c1ccc(NC(=O)COc2ccc3ccc(C#N)cc3c2)cc1. The Morgan fingerprint density at radius 3 is 2.32 bits per heavy atom. The number of nitriles is 1. The van der Waals surface area contributed by atoms with Gasteiger partial charge >= 0.3 is 0 Å². The fraction of sp³-hybridized carbons (Fsp3) is 0.172.